The van der Waals surface area contributed by atoms with Gasteiger partial charge in [0.25, 0.3) is 11.7 Å². The number of aliphatic hydroxyl groups is 1. The number of amides is 1. The molecule has 1 fully saturated rings. The van der Waals surface area contributed by atoms with E-state index in [0.29, 0.717) is 40.9 Å². The number of fused-ring (bicyclic) bond motifs is 1. The van der Waals surface area contributed by atoms with Gasteiger partial charge in [0, 0.05) is 17.1 Å². The maximum Gasteiger partial charge on any atom is 0.295 e. The van der Waals surface area contributed by atoms with E-state index in [4.69, 9.17) is 21.1 Å². The fraction of sp³-hybridized carbons (Fsp3) is 0.154. The normalized spacial score (nSPS) is 19.1. The molecule has 1 saturated heterocycles. The zero-order valence-corrected chi connectivity index (χ0v) is 18.3. The molecule has 166 valence electrons. The summed E-state index contributed by atoms with van der Waals surface area (Å²) in [6.07, 6.45) is 0. The summed E-state index contributed by atoms with van der Waals surface area (Å²) in [6.45, 7) is 1.04. The standard InChI is InChI=1S/C26H20ClNO5/c27-19-8-4-7-17(13-19)23-22(24(29)18-9-10-20-21(14-18)33-12-11-32-20)25(30)26(31)28(23)15-16-5-2-1-3-6-16/h1-10,13-14,23,29H,11-12,15H2/b24-22+/t23-/m1/s1. The van der Waals surface area contributed by atoms with Crippen molar-refractivity contribution in [2.45, 2.75) is 12.6 Å². The fourth-order valence-corrected chi connectivity index (χ4v) is 4.39. The highest BCUT2D eigenvalue weighted by molar-refractivity contribution is 6.46. The molecule has 0 aliphatic carbocycles. The van der Waals surface area contributed by atoms with Crippen LogP contribution in [0.5, 0.6) is 11.5 Å². The summed E-state index contributed by atoms with van der Waals surface area (Å²) >= 11 is 6.23. The molecule has 7 heteroatoms. The van der Waals surface area contributed by atoms with Gasteiger partial charge in [-0.25, -0.2) is 0 Å². The van der Waals surface area contributed by atoms with Gasteiger partial charge in [-0.05, 0) is 41.5 Å². The first-order chi connectivity index (χ1) is 16.0. The summed E-state index contributed by atoms with van der Waals surface area (Å²) in [5.41, 5.74) is 1.88. The van der Waals surface area contributed by atoms with E-state index in [9.17, 15) is 14.7 Å². The van der Waals surface area contributed by atoms with Gasteiger partial charge in [0.2, 0.25) is 0 Å². The van der Waals surface area contributed by atoms with Crippen molar-refractivity contribution in [3.8, 4) is 11.5 Å². The molecule has 1 amide bonds. The SMILES string of the molecule is O=C1C(=O)N(Cc2ccccc2)[C@H](c2cccc(Cl)c2)/C1=C(\O)c1ccc2c(c1)OCCO2. The monoisotopic (exact) mass is 461 g/mol. The Morgan fingerprint density at radius 3 is 2.45 bits per heavy atom. The molecule has 0 saturated carbocycles. The lowest BCUT2D eigenvalue weighted by atomic mass is 9.95. The fourth-order valence-electron chi connectivity index (χ4n) is 4.19. The molecule has 6 nitrogen and oxygen atoms in total. The number of benzene rings is 3. The van der Waals surface area contributed by atoms with Crippen LogP contribution in [0.3, 0.4) is 0 Å². The molecule has 2 aliphatic heterocycles. The molecule has 0 aromatic heterocycles. The minimum absolute atomic E-state index is 0.00914. The number of aliphatic hydroxyl groups excluding tert-OH is 1. The van der Waals surface area contributed by atoms with Crippen LogP contribution in [-0.4, -0.2) is 34.9 Å². The lowest BCUT2D eigenvalue weighted by Gasteiger charge is -2.25. The van der Waals surface area contributed by atoms with E-state index in [2.05, 4.69) is 0 Å². The third kappa shape index (κ3) is 3.94. The molecule has 1 atom stereocenters. The molecule has 2 aliphatic rings. The second-order valence-corrected chi connectivity index (χ2v) is 8.26. The van der Waals surface area contributed by atoms with E-state index in [1.165, 1.54) is 4.90 Å². The molecular weight excluding hydrogens is 442 g/mol. The zero-order valence-electron chi connectivity index (χ0n) is 17.5. The average Bonchev–Trinajstić information content (AvgIpc) is 3.09. The number of likely N-dealkylation sites (tertiary alicyclic amines) is 1. The highest BCUT2D eigenvalue weighted by Crippen LogP contribution is 2.42. The Hall–Kier alpha value is -3.77. The largest absolute Gasteiger partial charge is 0.507 e. The second kappa shape index (κ2) is 8.64. The number of hydrogen-bond acceptors (Lipinski definition) is 5. The molecule has 0 radical (unpaired) electrons. The van der Waals surface area contributed by atoms with Gasteiger partial charge >= 0.3 is 0 Å². The average molecular weight is 462 g/mol. The topological polar surface area (TPSA) is 76.1 Å². The van der Waals surface area contributed by atoms with Crippen molar-refractivity contribution in [2.24, 2.45) is 0 Å². The molecule has 5 rings (SSSR count). The molecular formula is C26H20ClNO5. The van der Waals surface area contributed by atoms with Crippen molar-refractivity contribution in [3.05, 3.63) is 100 Å². The minimum atomic E-state index is -0.794. The van der Waals surface area contributed by atoms with Gasteiger partial charge in [0.15, 0.2) is 11.5 Å². The van der Waals surface area contributed by atoms with Crippen LogP contribution in [0.1, 0.15) is 22.7 Å². The predicted octanol–water partition coefficient (Wildman–Crippen LogP) is 4.73. The van der Waals surface area contributed by atoms with Crippen LogP contribution in [0.4, 0.5) is 0 Å². The van der Waals surface area contributed by atoms with Crippen LogP contribution >= 0.6 is 11.6 Å². The Bertz CT molecular complexity index is 1270. The van der Waals surface area contributed by atoms with Crippen molar-refractivity contribution in [1.29, 1.82) is 0 Å². The maximum absolute atomic E-state index is 13.2. The molecule has 3 aromatic carbocycles. The second-order valence-electron chi connectivity index (χ2n) is 7.83. The maximum atomic E-state index is 13.2. The third-order valence-corrected chi connectivity index (χ3v) is 5.95. The summed E-state index contributed by atoms with van der Waals surface area (Å²) in [5.74, 6) is -0.658. The number of nitrogens with zero attached hydrogens (tertiary/aromatic N) is 1. The summed E-state index contributed by atoms with van der Waals surface area (Å²) in [7, 11) is 0. The smallest absolute Gasteiger partial charge is 0.295 e. The van der Waals surface area contributed by atoms with Gasteiger partial charge in [0.05, 0.1) is 11.6 Å². The van der Waals surface area contributed by atoms with E-state index in [1.807, 2.05) is 30.3 Å². The highest BCUT2D eigenvalue weighted by Gasteiger charge is 2.46. The Kier molecular flexibility index (Phi) is 5.52. The van der Waals surface area contributed by atoms with Crippen LogP contribution in [-0.2, 0) is 16.1 Å². The highest BCUT2D eigenvalue weighted by atomic mass is 35.5. The molecule has 0 unspecified atom stereocenters. The van der Waals surface area contributed by atoms with Gasteiger partial charge in [-0.15, -0.1) is 0 Å². The number of ether oxygens (including phenoxy) is 2. The molecule has 3 aromatic rings. The first kappa shape index (κ1) is 21.1. The van der Waals surface area contributed by atoms with Crippen LogP contribution in [0.15, 0.2) is 78.4 Å². The first-order valence-electron chi connectivity index (χ1n) is 10.5. The molecule has 0 spiro atoms. The Morgan fingerprint density at radius 2 is 1.70 bits per heavy atom. The van der Waals surface area contributed by atoms with Crippen LogP contribution in [0.25, 0.3) is 5.76 Å². The van der Waals surface area contributed by atoms with E-state index in [1.54, 1.807) is 42.5 Å². The number of halogens is 1. The Morgan fingerprint density at radius 1 is 0.939 bits per heavy atom. The van der Waals surface area contributed by atoms with Crippen molar-refractivity contribution >= 4 is 29.1 Å². The van der Waals surface area contributed by atoms with Crippen molar-refractivity contribution in [3.63, 3.8) is 0 Å². The molecule has 1 N–H and O–H groups in total. The van der Waals surface area contributed by atoms with Crippen LogP contribution in [0.2, 0.25) is 5.02 Å². The van der Waals surface area contributed by atoms with Gasteiger partial charge in [0.1, 0.15) is 19.0 Å². The Balaban J connectivity index is 1.64. The zero-order chi connectivity index (χ0) is 22.9. The lowest BCUT2D eigenvalue weighted by Crippen LogP contribution is -2.29. The number of carbonyl (C=O) groups is 2. The van der Waals surface area contributed by atoms with Gasteiger partial charge < -0.3 is 19.5 Å². The van der Waals surface area contributed by atoms with Crippen LogP contribution < -0.4 is 9.47 Å². The minimum Gasteiger partial charge on any atom is -0.507 e. The summed E-state index contributed by atoms with van der Waals surface area (Å²) < 4.78 is 11.2. The predicted molar refractivity (Wildman–Crippen MR) is 123 cm³/mol. The van der Waals surface area contributed by atoms with Gasteiger partial charge in [-0.1, -0.05) is 54.1 Å². The number of carbonyl (C=O) groups excluding carboxylic acids is 2. The number of rotatable bonds is 4. The van der Waals surface area contributed by atoms with E-state index >= 15 is 0 Å². The third-order valence-electron chi connectivity index (χ3n) is 5.72. The van der Waals surface area contributed by atoms with Crippen molar-refractivity contribution in [2.75, 3.05) is 13.2 Å². The quantitative estimate of drug-likeness (QED) is 0.345. The Labute approximate surface area is 195 Å². The van der Waals surface area contributed by atoms with Gasteiger partial charge in [-0.3, -0.25) is 9.59 Å². The van der Waals surface area contributed by atoms with E-state index in [-0.39, 0.29) is 17.9 Å². The molecule has 33 heavy (non-hydrogen) atoms. The molecule has 0 bridgehead atoms. The number of hydrogen-bond donors (Lipinski definition) is 1. The lowest BCUT2D eigenvalue weighted by molar-refractivity contribution is -0.140. The van der Waals surface area contributed by atoms with Crippen molar-refractivity contribution < 1.29 is 24.2 Å². The van der Waals surface area contributed by atoms with E-state index in [0.717, 1.165) is 5.56 Å². The summed E-state index contributed by atoms with van der Waals surface area (Å²) in [6, 6.07) is 20.5. The number of ketones is 1. The van der Waals surface area contributed by atoms with E-state index < -0.39 is 17.7 Å². The first-order valence-corrected chi connectivity index (χ1v) is 10.9. The van der Waals surface area contributed by atoms with Crippen LogP contribution in [0, 0.1) is 0 Å². The summed E-state index contributed by atoms with van der Waals surface area (Å²) in [5, 5.41) is 11.7. The van der Waals surface area contributed by atoms with Crippen molar-refractivity contribution in [1.82, 2.24) is 4.90 Å². The molecule has 2 heterocycles. The van der Waals surface area contributed by atoms with Gasteiger partial charge in [-0.2, -0.15) is 0 Å². The number of Topliss-reactive ketones (excluding diaryl/α,β-unsaturated/α-hetero) is 1. The summed E-state index contributed by atoms with van der Waals surface area (Å²) in [4.78, 5) is 27.8.